The van der Waals surface area contributed by atoms with Crippen molar-refractivity contribution in [2.45, 2.75) is 13.0 Å². The van der Waals surface area contributed by atoms with Gasteiger partial charge in [-0.2, -0.15) is 0 Å². The van der Waals surface area contributed by atoms with Crippen LogP contribution in [0, 0.1) is 0 Å². The maximum Gasteiger partial charge on any atom is 0.137 e. The molecule has 0 aliphatic carbocycles. The van der Waals surface area contributed by atoms with E-state index in [1.165, 1.54) is 0 Å². The molecule has 0 radical (unpaired) electrons. The number of hydrogen-bond donors (Lipinski definition) is 1. The quantitative estimate of drug-likeness (QED) is 0.774. The SMILES string of the molecule is COc1ccc(-c2cc(=NC[C@@H](C)O)c3cc(OC)ccc3o2)cc1. The average Bonchev–Trinajstić information content (AvgIpc) is 2.65. The van der Waals surface area contributed by atoms with Crippen LogP contribution in [-0.4, -0.2) is 32.0 Å². The fourth-order valence-corrected chi connectivity index (χ4v) is 2.53. The van der Waals surface area contributed by atoms with E-state index in [4.69, 9.17) is 13.9 Å². The second-order valence-corrected chi connectivity index (χ2v) is 5.78. The van der Waals surface area contributed by atoms with Crippen LogP contribution >= 0.6 is 0 Å². The summed E-state index contributed by atoms with van der Waals surface area (Å²) in [5.74, 6) is 2.21. The predicted octanol–water partition coefficient (Wildman–Crippen LogP) is 3.40. The Labute approximate surface area is 146 Å². The lowest BCUT2D eigenvalue weighted by molar-refractivity contribution is 0.203. The zero-order valence-electron chi connectivity index (χ0n) is 14.5. The summed E-state index contributed by atoms with van der Waals surface area (Å²) in [7, 11) is 3.26. The van der Waals surface area contributed by atoms with Gasteiger partial charge in [0.15, 0.2) is 0 Å². The first-order chi connectivity index (χ1) is 12.1. The lowest BCUT2D eigenvalue weighted by atomic mass is 10.1. The Balaban J connectivity index is 2.18. The molecule has 3 rings (SSSR count). The van der Waals surface area contributed by atoms with Gasteiger partial charge in [-0.15, -0.1) is 0 Å². The molecular formula is C20H21NO4. The molecule has 0 saturated heterocycles. The van der Waals surface area contributed by atoms with E-state index in [-0.39, 0.29) is 0 Å². The van der Waals surface area contributed by atoms with Gasteiger partial charge in [0.05, 0.1) is 32.2 Å². The third kappa shape index (κ3) is 3.83. The van der Waals surface area contributed by atoms with Crippen LogP contribution in [0.4, 0.5) is 0 Å². The molecule has 5 nitrogen and oxygen atoms in total. The number of aliphatic hydroxyl groups is 1. The number of nitrogens with zero attached hydrogens (tertiary/aromatic N) is 1. The van der Waals surface area contributed by atoms with E-state index in [0.717, 1.165) is 27.8 Å². The summed E-state index contributed by atoms with van der Waals surface area (Å²) in [6, 6.07) is 15.1. The van der Waals surface area contributed by atoms with Gasteiger partial charge in [0.1, 0.15) is 22.8 Å². The maximum atomic E-state index is 9.57. The van der Waals surface area contributed by atoms with Gasteiger partial charge >= 0.3 is 0 Å². The van der Waals surface area contributed by atoms with Crippen molar-refractivity contribution in [3.8, 4) is 22.8 Å². The highest BCUT2D eigenvalue weighted by molar-refractivity contribution is 5.80. The molecule has 0 saturated carbocycles. The molecule has 0 spiro atoms. The fourth-order valence-electron chi connectivity index (χ4n) is 2.53. The molecule has 0 bridgehead atoms. The third-order valence-corrected chi connectivity index (χ3v) is 3.85. The molecule has 1 N–H and O–H groups in total. The summed E-state index contributed by atoms with van der Waals surface area (Å²) in [5.41, 5.74) is 1.63. The van der Waals surface area contributed by atoms with Gasteiger partial charge in [0, 0.05) is 17.0 Å². The van der Waals surface area contributed by atoms with E-state index >= 15 is 0 Å². The Morgan fingerprint density at radius 3 is 2.32 bits per heavy atom. The number of rotatable bonds is 5. The Morgan fingerprint density at radius 2 is 1.68 bits per heavy atom. The molecule has 0 aliphatic rings. The number of hydrogen-bond acceptors (Lipinski definition) is 5. The van der Waals surface area contributed by atoms with Crippen molar-refractivity contribution in [1.82, 2.24) is 0 Å². The molecule has 5 heteroatoms. The van der Waals surface area contributed by atoms with Gasteiger partial charge in [0.2, 0.25) is 0 Å². The number of ether oxygens (including phenoxy) is 2. The van der Waals surface area contributed by atoms with Gasteiger partial charge in [-0.25, -0.2) is 0 Å². The smallest absolute Gasteiger partial charge is 0.137 e. The predicted molar refractivity (Wildman–Crippen MR) is 96.9 cm³/mol. The Morgan fingerprint density at radius 1 is 1.00 bits per heavy atom. The maximum absolute atomic E-state index is 9.57. The molecule has 0 aliphatic heterocycles. The van der Waals surface area contributed by atoms with Crippen molar-refractivity contribution in [2.75, 3.05) is 20.8 Å². The lowest BCUT2D eigenvalue weighted by Crippen LogP contribution is -2.11. The van der Waals surface area contributed by atoms with Crippen molar-refractivity contribution in [2.24, 2.45) is 4.99 Å². The number of fused-ring (bicyclic) bond motifs is 1. The van der Waals surface area contributed by atoms with Crippen LogP contribution < -0.4 is 14.8 Å². The van der Waals surface area contributed by atoms with Crippen LogP contribution in [0.3, 0.4) is 0 Å². The molecule has 1 atom stereocenters. The number of aliphatic hydroxyl groups excluding tert-OH is 1. The van der Waals surface area contributed by atoms with E-state index in [0.29, 0.717) is 17.9 Å². The highest BCUT2D eigenvalue weighted by Crippen LogP contribution is 2.26. The van der Waals surface area contributed by atoms with Crippen molar-refractivity contribution >= 4 is 11.0 Å². The van der Waals surface area contributed by atoms with Crippen molar-refractivity contribution in [3.63, 3.8) is 0 Å². The summed E-state index contributed by atoms with van der Waals surface area (Å²) in [5, 5.41) is 11.2. The Bertz CT molecular complexity index is 927. The monoisotopic (exact) mass is 339 g/mol. The van der Waals surface area contributed by atoms with Crippen LogP contribution in [0.1, 0.15) is 6.92 Å². The van der Waals surface area contributed by atoms with E-state index in [1.807, 2.05) is 48.5 Å². The molecule has 0 fully saturated rings. The topological polar surface area (TPSA) is 64.2 Å². The first kappa shape index (κ1) is 17.0. The molecule has 130 valence electrons. The summed E-state index contributed by atoms with van der Waals surface area (Å²) in [6.07, 6.45) is -0.512. The van der Waals surface area contributed by atoms with Crippen molar-refractivity contribution in [1.29, 1.82) is 0 Å². The minimum absolute atomic E-state index is 0.318. The first-order valence-electron chi connectivity index (χ1n) is 8.05. The standard InChI is InChI=1S/C20H21NO4/c1-13(22)12-21-18-11-20(14-4-6-15(23-2)7-5-14)25-19-9-8-16(24-3)10-17(18)19/h4-11,13,22H,12H2,1-3H3/t13-/m1/s1. The summed E-state index contributed by atoms with van der Waals surface area (Å²) in [6.45, 7) is 2.03. The van der Waals surface area contributed by atoms with E-state index in [1.54, 1.807) is 21.1 Å². The molecule has 3 aromatic rings. The van der Waals surface area contributed by atoms with Gasteiger partial charge in [0.25, 0.3) is 0 Å². The van der Waals surface area contributed by atoms with Gasteiger partial charge in [-0.1, -0.05) is 0 Å². The summed E-state index contributed by atoms with van der Waals surface area (Å²) >= 11 is 0. The number of benzene rings is 2. The van der Waals surface area contributed by atoms with Crippen LogP contribution in [0.2, 0.25) is 0 Å². The summed E-state index contributed by atoms with van der Waals surface area (Å²) in [4.78, 5) is 4.54. The van der Waals surface area contributed by atoms with E-state index in [9.17, 15) is 5.11 Å². The lowest BCUT2D eigenvalue weighted by Gasteiger charge is -2.08. The zero-order chi connectivity index (χ0) is 17.8. The molecule has 0 amide bonds. The fraction of sp³-hybridized carbons (Fsp3) is 0.250. The highest BCUT2D eigenvalue weighted by Gasteiger charge is 2.08. The molecular weight excluding hydrogens is 318 g/mol. The third-order valence-electron chi connectivity index (χ3n) is 3.85. The van der Waals surface area contributed by atoms with E-state index in [2.05, 4.69) is 4.99 Å². The second kappa shape index (κ2) is 7.40. The Kier molecular flexibility index (Phi) is 5.05. The summed E-state index contributed by atoms with van der Waals surface area (Å²) < 4.78 is 16.5. The minimum Gasteiger partial charge on any atom is -0.497 e. The highest BCUT2D eigenvalue weighted by atomic mass is 16.5. The van der Waals surface area contributed by atoms with Crippen molar-refractivity contribution in [3.05, 3.63) is 53.9 Å². The minimum atomic E-state index is -0.512. The molecule has 1 heterocycles. The Hall–Kier alpha value is -2.79. The van der Waals surface area contributed by atoms with Crippen molar-refractivity contribution < 1.29 is 19.0 Å². The van der Waals surface area contributed by atoms with Crippen LogP contribution in [0.5, 0.6) is 11.5 Å². The van der Waals surface area contributed by atoms with Gasteiger partial charge in [-0.3, -0.25) is 4.99 Å². The molecule has 1 aromatic heterocycles. The molecule has 2 aromatic carbocycles. The normalized spacial score (nSPS) is 13.0. The number of methoxy groups -OCH3 is 2. The first-order valence-corrected chi connectivity index (χ1v) is 8.05. The average molecular weight is 339 g/mol. The van der Waals surface area contributed by atoms with Crippen LogP contribution in [0.25, 0.3) is 22.3 Å². The zero-order valence-corrected chi connectivity index (χ0v) is 14.5. The molecule has 0 unspecified atom stereocenters. The van der Waals surface area contributed by atoms with Crippen LogP contribution in [0.15, 0.2) is 57.9 Å². The van der Waals surface area contributed by atoms with Crippen LogP contribution in [-0.2, 0) is 0 Å². The largest absolute Gasteiger partial charge is 0.497 e. The van der Waals surface area contributed by atoms with Gasteiger partial charge in [-0.05, 0) is 49.4 Å². The van der Waals surface area contributed by atoms with Gasteiger partial charge < -0.3 is 19.0 Å². The van der Waals surface area contributed by atoms with E-state index < -0.39 is 6.10 Å². The molecule has 25 heavy (non-hydrogen) atoms. The second-order valence-electron chi connectivity index (χ2n) is 5.78.